The molecule has 0 unspecified atom stereocenters. The number of ether oxygens (including phenoxy) is 1. The molecule has 1 fully saturated rings. The molecule has 2 atom stereocenters. The van der Waals surface area contributed by atoms with Gasteiger partial charge in [0.25, 0.3) is 0 Å². The molecule has 148 valence electrons. The number of hydrogen-bond acceptors (Lipinski definition) is 4. The summed E-state index contributed by atoms with van der Waals surface area (Å²) in [6.45, 7) is 5.14. The highest BCUT2D eigenvalue weighted by Crippen LogP contribution is 2.23. The Bertz CT molecular complexity index is 699. The monoisotopic (exact) mass is 380 g/mol. The van der Waals surface area contributed by atoms with E-state index in [1.54, 1.807) is 45.0 Å². The van der Waals surface area contributed by atoms with E-state index in [-0.39, 0.29) is 25.9 Å². The van der Waals surface area contributed by atoms with Crippen molar-refractivity contribution in [3.8, 4) is 0 Å². The Kier molecular flexibility index (Phi) is 6.41. The molecule has 0 aliphatic carbocycles. The maximum absolute atomic E-state index is 13.8. The van der Waals surface area contributed by atoms with Crippen molar-refractivity contribution in [3.63, 3.8) is 0 Å². The summed E-state index contributed by atoms with van der Waals surface area (Å²) in [6, 6.07) is 5.88. The van der Waals surface area contributed by atoms with Crippen LogP contribution in [0.25, 0.3) is 0 Å². The zero-order valence-corrected chi connectivity index (χ0v) is 15.7. The van der Waals surface area contributed by atoms with Crippen molar-refractivity contribution < 1.29 is 28.6 Å². The second-order valence-corrected chi connectivity index (χ2v) is 7.59. The summed E-state index contributed by atoms with van der Waals surface area (Å²) in [5.41, 5.74) is 0.699. The van der Waals surface area contributed by atoms with Gasteiger partial charge in [-0.05, 0) is 31.9 Å². The molecule has 7 nitrogen and oxygen atoms in total. The van der Waals surface area contributed by atoms with Crippen LogP contribution in [0, 0.1) is 0 Å². The van der Waals surface area contributed by atoms with E-state index in [1.807, 2.05) is 0 Å². The lowest BCUT2D eigenvalue weighted by Gasteiger charge is -2.27. The van der Waals surface area contributed by atoms with Crippen molar-refractivity contribution in [1.82, 2.24) is 10.2 Å². The standard InChI is InChI=1S/C19H25FN2O5/c1-19(2,3)27-18(26)22-11-14(20)9-15(22)17(25)21-10-13-6-4-12(5-7-13)8-16(23)24/h4-7,14-15H,8-11H2,1-3H3,(H,21,25)(H,23,24)/t14-,15-/m0/s1. The summed E-state index contributed by atoms with van der Waals surface area (Å²) in [7, 11) is 0. The summed E-state index contributed by atoms with van der Waals surface area (Å²) in [5, 5.41) is 11.5. The lowest BCUT2D eigenvalue weighted by atomic mass is 10.1. The zero-order valence-electron chi connectivity index (χ0n) is 15.7. The van der Waals surface area contributed by atoms with Crippen LogP contribution in [0.2, 0.25) is 0 Å². The van der Waals surface area contributed by atoms with Gasteiger partial charge >= 0.3 is 12.1 Å². The average molecular weight is 380 g/mol. The summed E-state index contributed by atoms with van der Waals surface area (Å²) in [4.78, 5) is 36.5. The van der Waals surface area contributed by atoms with Crippen molar-refractivity contribution in [2.24, 2.45) is 0 Å². The molecule has 27 heavy (non-hydrogen) atoms. The van der Waals surface area contributed by atoms with E-state index in [0.717, 1.165) is 10.5 Å². The maximum atomic E-state index is 13.8. The number of benzene rings is 1. The summed E-state index contributed by atoms with van der Waals surface area (Å²) in [5.74, 6) is -1.36. The first kappa shape index (κ1) is 20.7. The highest BCUT2D eigenvalue weighted by Gasteiger charge is 2.41. The van der Waals surface area contributed by atoms with Gasteiger partial charge in [0.1, 0.15) is 17.8 Å². The first-order chi connectivity index (χ1) is 12.5. The topological polar surface area (TPSA) is 95.9 Å². The number of carboxylic acid groups (broad SMARTS) is 1. The van der Waals surface area contributed by atoms with Crippen molar-refractivity contribution >= 4 is 18.0 Å². The van der Waals surface area contributed by atoms with Gasteiger partial charge in [0, 0.05) is 13.0 Å². The molecule has 1 heterocycles. The number of nitrogens with zero attached hydrogens (tertiary/aromatic N) is 1. The number of carbonyl (C=O) groups excluding carboxylic acids is 2. The molecule has 1 aliphatic heterocycles. The number of likely N-dealkylation sites (tertiary alicyclic amines) is 1. The van der Waals surface area contributed by atoms with E-state index < -0.39 is 35.8 Å². The number of carbonyl (C=O) groups is 3. The predicted molar refractivity (Wildman–Crippen MR) is 95.9 cm³/mol. The van der Waals surface area contributed by atoms with Gasteiger partial charge in [-0.1, -0.05) is 24.3 Å². The Morgan fingerprint density at radius 2 is 1.81 bits per heavy atom. The third-order valence-electron chi connectivity index (χ3n) is 4.03. The van der Waals surface area contributed by atoms with Gasteiger partial charge in [-0.15, -0.1) is 0 Å². The van der Waals surface area contributed by atoms with Crippen LogP contribution in [-0.4, -0.2) is 52.3 Å². The SMILES string of the molecule is CC(C)(C)OC(=O)N1C[C@@H](F)C[C@H]1C(=O)NCc1ccc(CC(=O)O)cc1. The normalized spacial score (nSPS) is 19.6. The molecule has 0 saturated carbocycles. The summed E-state index contributed by atoms with van der Waals surface area (Å²) in [6.07, 6.45) is -2.12. The van der Waals surface area contributed by atoms with Gasteiger partial charge in [0.05, 0.1) is 13.0 Å². The predicted octanol–water partition coefficient (Wildman–Crippen LogP) is 2.28. The minimum Gasteiger partial charge on any atom is -0.481 e. The molecular weight excluding hydrogens is 355 g/mol. The van der Waals surface area contributed by atoms with Gasteiger partial charge in [-0.25, -0.2) is 9.18 Å². The molecule has 1 aliphatic rings. The summed E-state index contributed by atoms with van der Waals surface area (Å²) >= 11 is 0. The van der Waals surface area contributed by atoms with E-state index in [9.17, 15) is 18.8 Å². The Morgan fingerprint density at radius 3 is 2.37 bits per heavy atom. The number of nitrogens with one attached hydrogen (secondary N) is 1. The third-order valence-corrected chi connectivity index (χ3v) is 4.03. The fourth-order valence-corrected chi connectivity index (χ4v) is 2.81. The zero-order chi connectivity index (χ0) is 20.2. The van der Waals surface area contributed by atoms with Crippen LogP contribution in [0.3, 0.4) is 0 Å². The highest BCUT2D eigenvalue weighted by molar-refractivity contribution is 5.86. The molecule has 2 amide bonds. The van der Waals surface area contributed by atoms with E-state index in [2.05, 4.69) is 5.32 Å². The van der Waals surface area contributed by atoms with Crippen LogP contribution in [0.1, 0.15) is 38.3 Å². The largest absolute Gasteiger partial charge is 0.481 e. The van der Waals surface area contributed by atoms with Crippen LogP contribution in [0.4, 0.5) is 9.18 Å². The summed E-state index contributed by atoms with van der Waals surface area (Å²) < 4.78 is 19.1. The molecule has 0 spiro atoms. The van der Waals surface area contributed by atoms with Crippen LogP contribution >= 0.6 is 0 Å². The fraction of sp³-hybridized carbons (Fsp3) is 0.526. The fourth-order valence-electron chi connectivity index (χ4n) is 2.81. The number of aliphatic carboxylic acids is 1. The lowest BCUT2D eigenvalue weighted by Crippen LogP contribution is -2.47. The van der Waals surface area contributed by atoms with Gasteiger partial charge in [-0.2, -0.15) is 0 Å². The van der Waals surface area contributed by atoms with Crippen molar-refractivity contribution in [2.45, 2.75) is 58.0 Å². The first-order valence-electron chi connectivity index (χ1n) is 8.76. The average Bonchev–Trinajstić information content (AvgIpc) is 2.94. The molecule has 8 heteroatoms. The molecule has 1 aromatic carbocycles. The van der Waals surface area contributed by atoms with Gasteiger partial charge in [0.15, 0.2) is 0 Å². The number of rotatable bonds is 5. The number of amides is 2. The van der Waals surface area contributed by atoms with Crippen molar-refractivity contribution in [3.05, 3.63) is 35.4 Å². The van der Waals surface area contributed by atoms with Crippen LogP contribution in [-0.2, 0) is 27.3 Å². The third kappa shape index (κ3) is 6.23. The lowest BCUT2D eigenvalue weighted by molar-refractivity contribution is -0.136. The molecule has 0 radical (unpaired) electrons. The molecule has 0 aromatic heterocycles. The van der Waals surface area contributed by atoms with E-state index >= 15 is 0 Å². The van der Waals surface area contributed by atoms with E-state index in [0.29, 0.717) is 5.56 Å². The second kappa shape index (κ2) is 8.37. The van der Waals surface area contributed by atoms with E-state index in [4.69, 9.17) is 9.84 Å². The number of halogens is 1. The molecule has 2 rings (SSSR count). The van der Waals surface area contributed by atoms with Crippen LogP contribution < -0.4 is 5.32 Å². The number of carboxylic acids is 1. The van der Waals surface area contributed by atoms with Gasteiger partial charge < -0.3 is 15.2 Å². The Balaban J connectivity index is 1.95. The molecule has 1 saturated heterocycles. The maximum Gasteiger partial charge on any atom is 0.411 e. The molecule has 2 N–H and O–H groups in total. The van der Waals surface area contributed by atoms with Gasteiger partial charge in [-0.3, -0.25) is 14.5 Å². The van der Waals surface area contributed by atoms with E-state index in [1.165, 1.54) is 0 Å². The van der Waals surface area contributed by atoms with Gasteiger partial charge in [0.2, 0.25) is 5.91 Å². The molecule has 0 bridgehead atoms. The Hall–Kier alpha value is -2.64. The number of alkyl halides is 1. The highest BCUT2D eigenvalue weighted by atomic mass is 19.1. The van der Waals surface area contributed by atoms with Crippen LogP contribution in [0.5, 0.6) is 0 Å². The molecular formula is C19H25FN2O5. The Morgan fingerprint density at radius 1 is 1.22 bits per heavy atom. The van der Waals surface area contributed by atoms with Crippen molar-refractivity contribution in [2.75, 3.05) is 6.54 Å². The minimum absolute atomic E-state index is 0.0668. The number of hydrogen-bond donors (Lipinski definition) is 2. The molecule has 1 aromatic rings. The second-order valence-electron chi connectivity index (χ2n) is 7.59. The smallest absolute Gasteiger partial charge is 0.411 e. The Labute approximate surface area is 157 Å². The van der Waals surface area contributed by atoms with Crippen molar-refractivity contribution in [1.29, 1.82) is 0 Å². The quantitative estimate of drug-likeness (QED) is 0.817. The first-order valence-corrected chi connectivity index (χ1v) is 8.76. The van der Waals surface area contributed by atoms with Crippen LogP contribution in [0.15, 0.2) is 24.3 Å². The minimum atomic E-state index is -1.27.